The van der Waals surface area contributed by atoms with Gasteiger partial charge in [-0.2, -0.15) is 0 Å². The molecule has 0 aliphatic heterocycles. The van der Waals surface area contributed by atoms with Crippen LogP contribution in [-0.4, -0.2) is 66.6 Å². The number of carbonyl (C=O) groups excluding carboxylic acids is 2. The number of nitrogens with one attached hydrogen (secondary N) is 2. The zero-order valence-corrected chi connectivity index (χ0v) is 40.1. The number of pyridine rings is 1. The first-order chi connectivity index (χ1) is 31.3. The Labute approximate surface area is 386 Å². The molecule has 0 spiro atoms. The average Bonchev–Trinajstić information content (AvgIpc) is 3.93. The maximum atomic E-state index is 13.7. The van der Waals surface area contributed by atoms with Gasteiger partial charge in [0.05, 0.1) is 58.4 Å². The first-order valence-electron chi connectivity index (χ1n) is 23.7. The molecule has 0 saturated carbocycles. The molecule has 0 aliphatic rings. The van der Waals surface area contributed by atoms with Crippen LogP contribution in [0.5, 0.6) is 17.2 Å². The van der Waals surface area contributed by atoms with Crippen molar-refractivity contribution in [1.29, 1.82) is 0 Å². The molecule has 352 valence electrons. The second kappa shape index (κ2) is 26.2. The van der Waals surface area contributed by atoms with Crippen LogP contribution < -0.4 is 24.8 Å². The molecule has 3 heterocycles. The van der Waals surface area contributed by atoms with E-state index >= 15 is 0 Å². The largest absolute Gasteiger partial charge is 0.493 e. The van der Waals surface area contributed by atoms with Gasteiger partial charge in [0.25, 0.3) is 11.8 Å². The highest BCUT2D eigenvalue weighted by Gasteiger charge is 2.18. The number of hydrogen-bond acceptors (Lipinski definition) is 10. The fourth-order valence-corrected chi connectivity index (χ4v) is 7.18. The molecule has 2 amide bonds. The standard InChI is InChI=1S/C51H73N9O5/c1-36(2)19-21-40(22-20-37(3)4)14-13-25-63-45-28-46(50(61)52-30-43-34-59(57-55-43)32-41-15-9-11-17-48(41)64-26-23-38(5)6)54-47(29-45)51(62)53-31-44-35-60(58-56-44)33-42-16-10-12-18-49(42)65-27-24-39(7)8/h9-12,15-18,28-29,34-40H,13-14,19-27,30-33H2,1-8H3,(H,52,61)(H,53,62). The van der Waals surface area contributed by atoms with Gasteiger partial charge in [0.1, 0.15) is 40.0 Å². The summed E-state index contributed by atoms with van der Waals surface area (Å²) >= 11 is 0. The van der Waals surface area contributed by atoms with E-state index in [4.69, 9.17) is 14.2 Å². The average molecular weight is 892 g/mol. The number of rotatable bonds is 29. The summed E-state index contributed by atoms with van der Waals surface area (Å²) in [7, 11) is 0. The van der Waals surface area contributed by atoms with Crippen molar-refractivity contribution in [3.05, 3.63) is 107 Å². The van der Waals surface area contributed by atoms with E-state index in [1.165, 1.54) is 25.7 Å². The Balaban J connectivity index is 1.23. The molecule has 5 aromatic rings. The lowest BCUT2D eigenvalue weighted by atomic mass is 9.88. The molecular weight excluding hydrogens is 819 g/mol. The Morgan fingerprint density at radius 2 is 1.00 bits per heavy atom. The Bertz CT molecular complexity index is 2050. The monoisotopic (exact) mass is 892 g/mol. The third-order valence-electron chi connectivity index (χ3n) is 11.1. The van der Waals surface area contributed by atoms with Crippen LogP contribution in [0.4, 0.5) is 0 Å². The Morgan fingerprint density at radius 1 is 0.554 bits per heavy atom. The number of amides is 2. The van der Waals surface area contributed by atoms with E-state index in [1.807, 2.05) is 48.5 Å². The molecule has 0 unspecified atom stereocenters. The van der Waals surface area contributed by atoms with Gasteiger partial charge in [-0.1, -0.05) is 128 Å². The first kappa shape index (κ1) is 50.2. The van der Waals surface area contributed by atoms with Crippen molar-refractivity contribution >= 4 is 11.8 Å². The van der Waals surface area contributed by atoms with Gasteiger partial charge in [-0.05, 0) is 67.4 Å². The number of para-hydroxylation sites is 2. The fourth-order valence-electron chi connectivity index (χ4n) is 7.18. The summed E-state index contributed by atoms with van der Waals surface area (Å²) in [6.07, 6.45) is 12.3. The molecule has 0 fully saturated rings. The quantitative estimate of drug-likeness (QED) is 0.0443. The van der Waals surface area contributed by atoms with E-state index in [1.54, 1.807) is 33.9 Å². The molecule has 14 heteroatoms. The Morgan fingerprint density at radius 3 is 1.45 bits per heavy atom. The Kier molecular flexibility index (Phi) is 20.3. The summed E-state index contributed by atoms with van der Waals surface area (Å²) in [6.45, 7) is 20.7. The van der Waals surface area contributed by atoms with Crippen molar-refractivity contribution in [2.45, 2.75) is 133 Å². The van der Waals surface area contributed by atoms with Gasteiger partial charge >= 0.3 is 0 Å². The summed E-state index contributed by atoms with van der Waals surface area (Å²) in [5, 5.41) is 23.0. The van der Waals surface area contributed by atoms with Crippen LogP contribution in [0, 0.1) is 29.6 Å². The topological polar surface area (TPSA) is 160 Å². The lowest BCUT2D eigenvalue weighted by Crippen LogP contribution is -2.27. The summed E-state index contributed by atoms with van der Waals surface area (Å²) in [6, 6.07) is 19.0. The summed E-state index contributed by atoms with van der Waals surface area (Å²) in [5.41, 5.74) is 3.22. The number of hydrogen-bond donors (Lipinski definition) is 2. The van der Waals surface area contributed by atoms with Crippen molar-refractivity contribution < 1.29 is 23.8 Å². The molecule has 14 nitrogen and oxygen atoms in total. The van der Waals surface area contributed by atoms with E-state index in [0.29, 0.717) is 79.6 Å². The normalized spacial score (nSPS) is 11.6. The van der Waals surface area contributed by atoms with Gasteiger partial charge in [0.15, 0.2) is 0 Å². The predicted octanol–water partition coefficient (Wildman–Crippen LogP) is 9.72. The predicted molar refractivity (Wildman–Crippen MR) is 254 cm³/mol. The van der Waals surface area contributed by atoms with Crippen molar-refractivity contribution in [2.24, 2.45) is 29.6 Å². The molecule has 2 aromatic carbocycles. The Hall–Kier alpha value is -5.79. The van der Waals surface area contributed by atoms with E-state index in [2.05, 4.69) is 91.6 Å². The minimum absolute atomic E-state index is 0.0551. The number of carbonyl (C=O) groups is 2. The molecular formula is C51H73N9O5. The van der Waals surface area contributed by atoms with E-state index in [0.717, 1.165) is 48.3 Å². The van der Waals surface area contributed by atoms with E-state index < -0.39 is 11.8 Å². The van der Waals surface area contributed by atoms with Gasteiger partial charge in [0, 0.05) is 23.3 Å². The van der Waals surface area contributed by atoms with E-state index in [-0.39, 0.29) is 24.5 Å². The van der Waals surface area contributed by atoms with Gasteiger partial charge in [0.2, 0.25) is 0 Å². The second-order valence-electron chi connectivity index (χ2n) is 18.8. The van der Waals surface area contributed by atoms with Crippen LogP contribution in [0.2, 0.25) is 0 Å². The molecule has 0 radical (unpaired) electrons. The lowest BCUT2D eigenvalue weighted by molar-refractivity contribution is 0.0939. The lowest BCUT2D eigenvalue weighted by Gasteiger charge is -2.19. The van der Waals surface area contributed by atoms with Crippen LogP contribution >= 0.6 is 0 Å². The molecule has 0 aliphatic carbocycles. The highest BCUT2D eigenvalue weighted by Crippen LogP contribution is 2.25. The number of benzene rings is 2. The minimum Gasteiger partial charge on any atom is -0.493 e. The van der Waals surface area contributed by atoms with Crippen molar-refractivity contribution in [3.63, 3.8) is 0 Å². The van der Waals surface area contributed by atoms with Gasteiger partial charge in [-0.25, -0.2) is 14.3 Å². The molecule has 0 saturated heterocycles. The fraction of sp³-hybridized carbons (Fsp3) is 0.549. The molecule has 0 atom stereocenters. The highest BCUT2D eigenvalue weighted by atomic mass is 16.5. The highest BCUT2D eigenvalue weighted by molar-refractivity contribution is 5.97. The maximum Gasteiger partial charge on any atom is 0.270 e. The smallest absolute Gasteiger partial charge is 0.270 e. The van der Waals surface area contributed by atoms with Crippen molar-refractivity contribution in [3.8, 4) is 17.2 Å². The number of nitrogens with zero attached hydrogens (tertiary/aromatic N) is 7. The van der Waals surface area contributed by atoms with Gasteiger partial charge < -0.3 is 24.8 Å². The SMILES string of the molecule is CC(C)CCOc1ccccc1Cn1cc(CNC(=O)c2cc(OCCCC(CCC(C)C)CCC(C)C)cc(C(=O)NCc3cn(Cc4ccccc4OCCC(C)C)nn3)n2)nn1. The third kappa shape index (κ3) is 18.0. The van der Waals surface area contributed by atoms with Crippen molar-refractivity contribution in [1.82, 2.24) is 45.6 Å². The first-order valence-corrected chi connectivity index (χ1v) is 23.7. The third-order valence-corrected chi connectivity index (χ3v) is 11.1. The van der Waals surface area contributed by atoms with Crippen LogP contribution in [0.15, 0.2) is 73.1 Å². The second-order valence-corrected chi connectivity index (χ2v) is 18.8. The maximum absolute atomic E-state index is 13.7. The molecule has 0 bridgehead atoms. The van der Waals surface area contributed by atoms with Crippen molar-refractivity contribution in [2.75, 3.05) is 19.8 Å². The summed E-state index contributed by atoms with van der Waals surface area (Å²) in [5.74, 6) is 4.15. The molecule has 3 aromatic heterocycles. The van der Waals surface area contributed by atoms with Crippen LogP contribution in [0.3, 0.4) is 0 Å². The number of ether oxygens (including phenoxy) is 3. The van der Waals surface area contributed by atoms with E-state index in [9.17, 15) is 9.59 Å². The van der Waals surface area contributed by atoms with Crippen LogP contribution in [0.25, 0.3) is 0 Å². The summed E-state index contributed by atoms with van der Waals surface area (Å²) in [4.78, 5) is 31.9. The van der Waals surface area contributed by atoms with Crippen LogP contribution in [0.1, 0.15) is 150 Å². The van der Waals surface area contributed by atoms with Crippen LogP contribution in [-0.2, 0) is 26.2 Å². The van der Waals surface area contributed by atoms with Gasteiger partial charge in [-0.15, -0.1) is 10.2 Å². The van der Waals surface area contributed by atoms with Gasteiger partial charge in [-0.3, -0.25) is 9.59 Å². The zero-order valence-electron chi connectivity index (χ0n) is 40.1. The molecule has 2 N–H and O–H groups in total. The minimum atomic E-state index is -0.471. The number of aromatic nitrogens is 7. The zero-order chi connectivity index (χ0) is 46.6. The summed E-state index contributed by atoms with van der Waals surface area (Å²) < 4.78 is 21.8. The molecule has 5 rings (SSSR count). The molecule has 65 heavy (non-hydrogen) atoms.